The second-order valence-corrected chi connectivity index (χ2v) is 8.26. The largest absolute Gasteiger partial charge is 0.450 e. The third-order valence-corrected chi connectivity index (χ3v) is 5.84. The zero-order valence-corrected chi connectivity index (χ0v) is 17.6. The van der Waals surface area contributed by atoms with Gasteiger partial charge in [0.05, 0.1) is 17.0 Å². The molecule has 3 heterocycles. The van der Waals surface area contributed by atoms with E-state index in [1.54, 1.807) is 29.3 Å². The van der Waals surface area contributed by atoms with E-state index in [1.807, 2.05) is 49.4 Å². The Balaban J connectivity index is 1.78. The molecule has 2 aromatic heterocycles. The number of hydrogen-bond acceptors (Lipinski definition) is 4. The first-order valence-corrected chi connectivity index (χ1v) is 10.4. The van der Waals surface area contributed by atoms with Crippen molar-refractivity contribution < 1.29 is 9.21 Å². The van der Waals surface area contributed by atoms with Crippen LogP contribution in [-0.2, 0) is 0 Å². The summed E-state index contributed by atoms with van der Waals surface area (Å²) in [5.74, 6) is 0.600. The number of rotatable bonds is 3. The van der Waals surface area contributed by atoms with Crippen LogP contribution < -0.4 is 10.3 Å². The molecule has 0 aliphatic carbocycles. The molecule has 0 fully saturated rings. The Morgan fingerprint density at radius 3 is 2.45 bits per heavy atom. The summed E-state index contributed by atoms with van der Waals surface area (Å²) in [6, 6.07) is 18.3. The lowest BCUT2D eigenvalue weighted by molar-refractivity contribution is 0.0970. The number of nitrogens with zero attached hydrogens (tertiary/aromatic N) is 2. The van der Waals surface area contributed by atoms with Gasteiger partial charge in [0.25, 0.3) is 5.91 Å². The monoisotopic (exact) mass is 410 g/mol. The highest BCUT2D eigenvalue weighted by Gasteiger charge is 2.44. The standard InChI is InChI=1S/C26H22N2O3/c1-15(2)17-8-10-18(11-9-17)23-22-24(29)19-14-16(3)7-12-20(19)31-25(22)26(30)28(23)21-6-4-5-13-27-21/h4-15,23H,1-3H3/t23-/m1/s1. The summed E-state index contributed by atoms with van der Waals surface area (Å²) >= 11 is 0. The van der Waals surface area contributed by atoms with E-state index >= 15 is 0 Å². The average Bonchev–Trinajstić information content (AvgIpc) is 3.07. The molecule has 2 aromatic carbocycles. The molecule has 1 amide bonds. The fourth-order valence-corrected chi connectivity index (χ4v) is 4.20. The predicted octanol–water partition coefficient (Wildman–Crippen LogP) is 5.37. The molecule has 0 spiro atoms. The molecule has 0 N–H and O–H groups in total. The van der Waals surface area contributed by atoms with Crippen molar-refractivity contribution in [3.63, 3.8) is 0 Å². The Labute approximate surface area is 180 Å². The highest BCUT2D eigenvalue weighted by atomic mass is 16.3. The van der Waals surface area contributed by atoms with Crippen molar-refractivity contribution in [2.75, 3.05) is 4.90 Å². The third kappa shape index (κ3) is 3.05. The van der Waals surface area contributed by atoms with Gasteiger partial charge in [-0.1, -0.05) is 55.8 Å². The zero-order valence-electron chi connectivity index (χ0n) is 17.6. The van der Waals surface area contributed by atoms with Crippen LogP contribution in [0.3, 0.4) is 0 Å². The van der Waals surface area contributed by atoms with Gasteiger partial charge in [0.1, 0.15) is 11.4 Å². The lowest BCUT2D eigenvalue weighted by atomic mass is 9.95. The van der Waals surface area contributed by atoms with Crippen molar-refractivity contribution >= 4 is 22.7 Å². The molecule has 0 radical (unpaired) electrons. The van der Waals surface area contributed by atoms with Crippen LogP contribution in [0.5, 0.6) is 0 Å². The molecule has 0 unspecified atom stereocenters. The van der Waals surface area contributed by atoms with Gasteiger partial charge in [0.15, 0.2) is 5.43 Å². The first kappa shape index (κ1) is 19.2. The number of pyridine rings is 1. The molecular weight excluding hydrogens is 388 g/mol. The maximum absolute atomic E-state index is 13.6. The van der Waals surface area contributed by atoms with Gasteiger partial charge in [-0.05, 0) is 48.2 Å². The molecule has 1 aliphatic rings. The Morgan fingerprint density at radius 2 is 1.77 bits per heavy atom. The number of aromatic nitrogens is 1. The quantitative estimate of drug-likeness (QED) is 0.455. The maximum Gasteiger partial charge on any atom is 0.296 e. The van der Waals surface area contributed by atoms with E-state index in [9.17, 15) is 9.59 Å². The van der Waals surface area contributed by atoms with Gasteiger partial charge in [-0.25, -0.2) is 4.98 Å². The van der Waals surface area contributed by atoms with Gasteiger partial charge in [0.2, 0.25) is 5.76 Å². The molecule has 0 saturated heterocycles. The minimum atomic E-state index is -0.597. The summed E-state index contributed by atoms with van der Waals surface area (Å²) in [5, 5.41) is 0.484. The van der Waals surface area contributed by atoms with E-state index < -0.39 is 6.04 Å². The van der Waals surface area contributed by atoms with Crippen LogP contribution >= 0.6 is 0 Å². The van der Waals surface area contributed by atoms with Gasteiger partial charge in [0, 0.05) is 6.20 Å². The lowest BCUT2D eigenvalue weighted by Crippen LogP contribution is -2.30. The summed E-state index contributed by atoms with van der Waals surface area (Å²) in [4.78, 5) is 33.0. The van der Waals surface area contributed by atoms with E-state index in [1.165, 1.54) is 5.56 Å². The summed E-state index contributed by atoms with van der Waals surface area (Å²) in [5.41, 5.74) is 3.61. The van der Waals surface area contributed by atoms with Crippen LogP contribution in [0, 0.1) is 6.92 Å². The molecule has 4 aromatic rings. The topological polar surface area (TPSA) is 63.4 Å². The van der Waals surface area contributed by atoms with Gasteiger partial charge in [-0.3, -0.25) is 14.5 Å². The molecule has 0 bridgehead atoms. The van der Waals surface area contributed by atoms with E-state index in [2.05, 4.69) is 18.8 Å². The summed E-state index contributed by atoms with van der Waals surface area (Å²) in [6.07, 6.45) is 1.64. The smallest absolute Gasteiger partial charge is 0.296 e. The molecular formula is C26H22N2O3. The van der Waals surface area contributed by atoms with Crippen LogP contribution in [0.15, 0.2) is 76.1 Å². The second kappa shape index (κ2) is 7.20. The van der Waals surface area contributed by atoms with Crippen molar-refractivity contribution in [3.8, 4) is 0 Å². The number of anilines is 1. The first-order chi connectivity index (χ1) is 15.0. The van der Waals surface area contributed by atoms with Crippen LogP contribution in [-0.4, -0.2) is 10.9 Å². The highest BCUT2D eigenvalue weighted by Crippen LogP contribution is 2.40. The van der Waals surface area contributed by atoms with Crippen LogP contribution in [0.1, 0.15) is 58.6 Å². The molecule has 5 heteroatoms. The van der Waals surface area contributed by atoms with E-state index in [0.717, 1.165) is 11.1 Å². The Kier molecular flexibility index (Phi) is 4.47. The Bertz CT molecular complexity index is 1360. The minimum absolute atomic E-state index is 0.0879. The fourth-order valence-electron chi connectivity index (χ4n) is 4.20. The van der Waals surface area contributed by atoms with Crippen molar-refractivity contribution in [2.24, 2.45) is 0 Å². The number of fused-ring (bicyclic) bond motifs is 2. The molecule has 31 heavy (non-hydrogen) atoms. The fraction of sp³-hybridized carbons (Fsp3) is 0.192. The van der Waals surface area contributed by atoms with Crippen LogP contribution in [0.2, 0.25) is 0 Å². The Hall–Kier alpha value is -3.73. The predicted molar refractivity (Wildman–Crippen MR) is 121 cm³/mol. The number of carbonyl (C=O) groups is 1. The molecule has 1 atom stereocenters. The van der Waals surface area contributed by atoms with Gasteiger partial charge in [-0.2, -0.15) is 0 Å². The maximum atomic E-state index is 13.6. The summed E-state index contributed by atoms with van der Waals surface area (Å²) in [7, 11) is 0. The van der Waals surface area contributed by atoms with Gasteiger partial charge >= 0.3 is 0 Å². The second-order valence-electron chi connectivity index (χ2n) is 8.26. The van der Waals surface area contributed by atoms with Crippen LogP contribution in [0.25, 0.3) is 11.0 Å². The third-order valence-electron chi connectivity index (χ3n) is 5.84. The van der Waals surface area contributed by atoms with Crippen molar-refractivity contribution in [2.45, 2.75) is 32.7 Å². The molecule has 1 aliphatic heterocycles. The SMILES string of the molecule is Cc1ccc2oc3c(c(=O)c2c1)[C@@H](c1ccc(C(C)C)cc1)N(c1ccccn1)C3=O. The number of amides is 1. The highest BCUT2D eigenvalue weighted by molar-refractivity contribution is 6.10. The lowest BCUT2D eigenvalue weighted by Gasteiger charge is -2.24. The van der Waals surface area contributed by atoms with E-state index in [0.29, 0.717) is 28.3 Å². The molecule has 154 valence electrons. The minimum Gasteiger partial charge on any atom is -0.450 e. The van der Waals surface area contributed by atoms with Gasteiger partial charge in [-0.15, -0.1) is 0 Å². The first-order valence-electron chi connectivity index (χ1n) is 10.4. The number of hydrogen-bond donors (Lipinski definition) is 0. The molecule has 5 rings (SSSR count). The number of carbonyl (C=O) groups excluding carboxylic acids is 1. The zero-order chi connectivity index (χ0) is 21.7. The van der Waals surface area contributed by atoms with Crippen LogP contribution in [0.4, 0.5) is 5.82 Å². The summed E-state index contributed by atoms with van der Waals surface area (Å²) in [6.45, 7) is 6.19. The Morgan fingerprint density at radius 1 is 1.00 bits per heavy atom. The molecule has 5 nitrogen and oxygen atoms in total. The van der Waals surface area contributed by atoms with Gasteiger partial charge < -0.3 is 4.42 Å². The van der Waals surface area contributed by atoms with E-state index in [4.69, 9.17) is 4.42 Å². The summed E-state index contributed by atoms with van der Waals surface area (Å²) < 4.78 is 6.00. The van der Waals surface area contributed by atoms with Crippen molar-refractivity contribution in [1.29, 1.82) is 0 Å². The van der Waals surface area contributed by atoms with Crippen molar-refractivity contribution in [3.05, 3.63) is 105 Å². The average molecular weight is 410 g/mol. The number of aryl methyl sites for hydroxylation is 1. The number of benzene rings is 2. The van der Waals surface area contributed by atoms with Crippen molar-refractivity contribution in [1.82, 2.24) is 4.98 Å². The normalized spacial score (nSPS) is 15.7. The van der Waals surface area contributed by atoms with E-state index in [-0.39, 0.29) is 17.1 Å². The molecule has 0 saturated carbocycles.